The predicted molar refractivity (Wildman–Crippen MR) is 56.1 cm³/mol. The van der Waals surface area contributed by atoms with Crippen LogP contribution in [0.25, 0.3) is 0 Å². The number of nitrogens with one attached hydrogen (secondary N) is 1. The lowest BCUT2D eigenvalue weighted by atomic mass is 10.5. The number of rotatable bonds is 1. The lowest BCUT2D eigenvalue weighted by molar-refractivity contribution is -0.389. The summed E-state index contributed by atoms with van der Waals surface area (Å²) >= 11 is 0. The van der Waals surface area contributed by atoms with E-state index in [9.17, 15) is 10.1 Å². The molecule has 0 aromatic carbocycles. The molecule has 0 aliphatic heterocycles. The summed E-state index contributed by atoms with van der Waals surface area (Å²) in [7, 11) is 0. The third-order valence-electron chi connectivity index (χ3n) is 1.46. The Labute approximate surface area is 85.9 Å². The first-order valence-electron chi connectivity index (χ1n) is 4.14. The van der Waals surface area contributed by atoms with Gasteiger partial charge in [0, 0.05) is 24.5 Å². The van der Waals surface area contributed by atoms with E-state index in [1.165, 1.54) is 12.1 Å². The molecule has 0 saturated carbocycles. The molecule has 0 saturated heterocycles. The van der Waals surface area contributed by atoms with Gasteiger partial charge in [0.25, 0.3) is 0 Å². The highest BCUT2D eigenvalue weighted by atomic mass is 16.6. The summed E-state index contributed by atoms with van der Waals surface area (Å²) in [5, 5.41) is 9.93. The van der Waals surface area contributed by atoms with E-state index in [-0.39, 0.29) is 5.82 Å². The van der Waals surface area contributed by atoms with Crippen molar-refractivity contribution in [2.75, 3.05) is 5.73 Å². The van der Waals surface area contributed by atoms with Crippen LogP contribution in [0.2, 0.25) is 0 Å². The van der Waals surface area contributed by atoms with Gasteiger partial charge in [0.2, 0.25) is 0 Å². The summed E-state index contributed by atoms with van der Waals surface area (Å²) < 4.78 is 0. The zero-order valence-electron chi connectivity index (χ0n) is 7.83. The number of hydrogen-bond donors (Lipinski definition) is 2. The largest absolute Gasteiger partial charge is 0.366 e. The molecular weight excluding hydrogens is 196 g/mol. The van der Waals surface area contributed by atoms with Gasteiger partial charge in [0.1, 0.15) is 0 Å². The first-order chi connectivity index (χ1) is 7.20. The Balaban J connectivity index is 0.000000162. The van der Waals surface area contributed by atoms with Crippen LogP contribution in [0.15, 0.2) is 42.7 Å². The molecular formula is C9H10N4O2. The normalized spacial score (nSPS) is 8.80. The fourth-order valence-corrected chi connectivity index (χ4v) is 0.819. The maximum absolute atomic E-state index is 9.93. The number of H-pyrrole nitrogens is 1. The van der Waals surface area contributed by atoms with E-state index in [0.717, 1.165) is 0 Å². The van der Waals surface area contributed by atoms with Crippen molar-refractivity contribution in [2.45, 2.75) is 0 Å². The van der Waals surface area contributed by atoms with Gasteiger partial charge in [-0.2, -0.15) is 0 Å². The first-order valence-corrected chi connectivity index (χ1v) is 4.14. The number of nitro groups is 1. The summed E-state index contributed by atoms with van der Waals surface area (Å²) in [5.74, 6) is 0.231. The minimum Gasteiger partial charge on any atom is -0.366 e. The second-order valence-corrected chi connectivity index (χ2v) is 2.58. The molecule has 0 radical (unpaired) electrons. The Bertz CT molecular complexity index is 386. The Kier molecular flexibility index (Phi) is 3.84. The van der Waals surface area contributed by atoms with Gasteiger partial charge in [0.15, 0.2) is 5.82 Å². The number of anilines is 1. The topological polar surface area (TPSA) is 97.8 Å². The van der Waals surface area contributed by atoms with E-state index in [1.54, 1.807) is 12.4 Å². The zero-order valence-corrected chi connectivity index (χ0v) is 7.83. The van der Waals surface area contributed by atoms with Gasteiger partial charge in [-0.1, -0.05) is 6.07 Å². The molecule has 3 N–H and O–H groups in total. The zero-order chi connectivity index (χ0) is 11.1. The smallest absolute Gasteiger partial charge is 0.322 e. The number of nitrogens with two attached hydrogens (primary N) is 1. The van der Waals surface area contributed by atoms with E-state index in [1.807, 2.05) is 18.2 Å². The van der Waals surface area contributed by atoms with Gasteiger partial charge < -0.3 is 15.8 Å². The molecule has 2 heterocycles. The van der Waals surface area contributed by atoms with E-state index >= 15 is 0 Å². The van der Waals surface area contributed by atoms with Crippen molar-refractivity contribution >= 4 is 11.6 Å². The van der Waals surface area contributed by atoms with Crippen LogP contribution in [-0.4, -0.2) is 14.9 Å². The molecule has 2 rings (SSSR count). The highest BCUT2D eigenvalue weighted by Crippen LogP contribution is 2.09. The average Bonchev–Trinajstić information content (AvgIpc) is 2.69. The van der Waals surface area contributed by atoms with Crippen LogP contribution < -0.4 is 5.73 Å². The van der Waals surface area contributed by atoms with Crippen LogP contribution in [-0.2, 0) is 0 Å². The molecule has 6 nitrogen and oxygen atoms in total. The molecule has 6 heteroatoms. The highest BCUT2D eigenvalue weighted by molar-refractivity contribution is 5.37. The van der Waals surface area contributed by atoms with E-state index < -0.39 is 4.92 Å². The Morgan fingerprint density at radius 3 is 2.13 bits per heavy atom. The van der Waals surface area contributed by atoms with Crippen molar-refractivity contribution in [2.24, 2.45) is 0 Å². The van der Waals surface area contributed by atoms with Crippen molar-refractivity contribution in [3.05, 3.63) is 52.8 Å². The molecule has 0 amide bonds. The van der Waals surface area contributed by atoms with Crippen LogP contribution in [0, 0.1) is 10.1 Å². The summed E-state index contributed by atoms with van der Waals surface area (Å²) in [6, 6.07) is 8.47. The van der Waals surface area contributed by atoms with Gasteiger partial charge in [-0.3, -0.25) is 4.98 Å². The van der Waals surface area contributed by atoms with Crippen LogP contribution >= 0.6 is 0 Å². The van der Waals surface area contributed by atoms with Gasteiger partial charge >= 0.3 is 5.82 Å². The average molecular weight is 206 g/mol. The number of aromatic amines is 1. The number of pyridine rings is 1. The molecule has 15 heavy (non-hydrogen) atoms. The monoisotopic (exact) mass is 206 g/mol. The quantitative estimate of drug-likeness (QED) is 0.546. The SMILES string of the molecule is Nc1ccc([N+](=O)[O-])[nH]1.c1ccncc1. The maximum Gasteiger partial charge on any atom is 0.322 e. The molecule has 0 bridgehead atoms. The second kappa shape index (κ2) is 5.38. The summed E-state index contributed by atoms with van der Waals surface area (Å²) in [4.78, 5) is 15.5. The van der Waals surface area contributed by atoms with Crippen LogP contribution in [0.3, 0.4) is 0 Å². The predicted octanol–water partition coefficient (Wildman–Crippen LogP) is 1.59. The molecule has 78 valence electrons. The van der Waals surface area contributed by atoms with Gasteiger partial charge in [-0.15, -0.1) is 0 Å². The molecule has 2 aromatic heterocycles. The lowest BCUT2D eigenvalue weighted by Crippen LogP contribution is -1.88. The molecule has 0 fully saturated rings. The second-order valence-electron chi connectivity index (χ2n) is 2.58. The number of nitrogens with zero attached hydrogens (tertiary/aromatic N) is 2. The van der Waals surface area contributed by atoms with Crippen LogP contribution in [0.4, 0.5) is 11.6 Å². The summed E-state index contributed by atoms with van der Waals surface area (Å²) in [6.07, 6.45) is 3.50. The van der Waals surface area contributed by atoms with Gasteiger partial charge in [-0.05, 0) is 17.1 Å². The minimum absolute atomic E-state index is 0.0764. The van der Waals surface area contributed by atoms with E-state index in [0.29, 0.717) is 5.82 Å². The molecule has 2 aromatic rings. The van der Waals surface area contributed by atoms with Crippen LogP contribution in [0.1, 0.15) is 0 Å². The van der Waals surface area contributed by atoms with Gasteiger partial charge in [0.05, 0.1) is 0 Å². The summed E-state index contributed by atoms with van der Waals surface area (Å²) in [5.41, 5.74) is 5.16. The number of hydrogen-bond acceptors (Lipinski definition) is 4. The van der Waals surface area contributed by atoms with Crippen molar-refractivity contribution in [3.63, 3.8) is 0 Å². The standard InChI is InChI=1S/C5H5N.C4H5N3O2/c1-2-4-6-5-3-1;5-3-1-2-4(6-3)7(8)9/h1-5H;1-2,6H,5H2. The maximum atomic E-state index is 9.93. The van der Waals surface area contributed by atoms with Crippen molar-refractivity contribution < 1.29 is 4.92 Å². The number of nitrogen functional groups attached to an aromatic ring is 1. The Morgan fingerprint density at radius 1 is 1.27 bits per heavy atom. The van der Waals surface area contributed by atoms with E-state index in [2.05, 4.69) is 9.97 Å². The molecule has 0 atom stereocenters. The summed E-state index contributed by atoms with van der Waals surface area (Å²) in [6.45, 7) is 0. The Hall–Kier alpha value is -2.37. The molecule has 0 unspecified atom stereocenters. The third-order valence-corrected chi connectivity index (χ3v) is 1.46. The Morgan fingerprint density at radius 2 is 1.93 bits per heavy atom. The van der Waals surface area contributed by atoms with Crippen molar-refractivity contribution in [1.29, 1.82) is 0 Å². The van der Waals surface area contributed by atoms with Crippen molar-refractivity contribution in [3.8, 4) is 0 Å². The van der Waals surface area contributed by atoms with Crippen LogP contribution in [0.5, 0.6) is 0 Å². The lowest BCUT2D eigenvalue weighted by Gasteiger charge is -1.85. The highest BCUT2D eigenvalue weighted by Gasteiger charge is 2.03. The fraction of sp³-hybridized carbons (Fsp3) is 0. The third kappa shape index (κ3) is 3.90. The molecule has 0 aliphatic carbocycles. The first kappa shape index (κ1) is 10.7. The minimum atomic E-state index is -0.531. The fourth-order valence-electron chi connectivity index (χ4n) is 0.819. The van der Waals surface area contributed by atoms with Gasteiger partial charge in [-0.25, -0.2) is 4.98 Å². The van der Waals surface area contributed by atoms with Crippen molar-refractivity contribution in [1.82, 2.24) is 9.97 Å². The number of aromatic nitrogens is 2. The van der Waals surface area contributed by atoms with E-state index in [4.69, 9.17) is 5.73 Å². The molecule has 0 aliphatic rings. The molecule has 0 spiro atoms.